The molecule has 0 saturated heterocycles. The third-order valence-electron chi connectivity index (χ3n) is 3.42. The molecule has 0 heterocycles. The van der Waals surface area contributed by atoms with E-state index in [0.29, 0.717) is 16.1 Å². The summed E-state index contributed by atoms with van der Waals surface area (Å²) >= 11 is 12.4. The van der Waals surface area contributed by atoms with Crippen molar-refractivity contribution < 1.29 is 0 Å². The zero-order chi connectivity index (χ0) is 13.2. The fourth-order valence-electron chi connectivity index (χ4n) is 2.19. The van der Waals surface area contributed by atoms with Crippen LogP contribution in [0, 0.1) is 0 Å². The van der Waals surface area contributed by atoms with Gasteiger partial charge in [-0.25, -0.2) is 0 Å². The van der Waals surface area contributed by atoms with Gasteiger partial charge in [0, 0.05) is 18.2 Å². The van der Waals surface area contributed by atoms with Gasteiger partial charge in [-0.15, -0.1) is 0 Å². The molecule has 0 bridgehead atoms. The molecule has 19 heavy (non-hydrogen) atoms. The Labute approximate surface area is 123 Å². The van der Waals surface area contributed by atoms with Crippen LogP contribution >= 0.6 is 23.2 Å². The van der Waals surface area contributed by atoms with Crippen LogP contribution < -0.4 is 5.32 Å². The monoisotopic (exact) mass is 291 g/mol. The molecule has 1 saturated carbocycles. The third-order valence-corrected chi connectivity index (χ3v) is 4.24. The van der Waals surface area contributed by atoms with E-state index >= 15 is 0 Å². The van der Waals surface area contributed by atoms with Crippen LogP contribution in [0.3, 0.4) is 0 Å². The van der Waals surface area contributed by atoms with Crippen molar-refractivity contribution in [3.05, 3.63) is 58.1 Å². The number of hydrogen-bond donors (Lipinski definition) is 1. The predicted molar refractivity (Wildman–Crippen MR) is 81.8 cm³/mol. The van der Waals surface area contributed by atoms with Gasteiger partial charge in [0.15, 0.2) is 0 Å². The van der Waals surface area contributed by atoms with Gasteiger partial charge < -0.3 is 5.32 Å². The maximum absolute atomic E-state index is 6.32. The van der Waals surface area contributed by atoms with E-state index < -0.39 is 0 Å². The van der Waals surface area contributed by atoms with Crippen molar-refractivity contribution in [3.63, 3.8) is 0 Å². The second-order valence-corrected chi connectivity index (χ2v) is 5.70. The summed E-state index contributed by atoms with van der Waals surface area (Å²) in [7, 11) is 0. The van der Waals surface area contributed by atoms with Crippen LogP contribution in [-0.4, -0.2) is 6.04 Å². The molecule has 2 aromatic rings. The van der Waals surface area contributed by atoms with Gasteiger partial charge in [0.1, 0.15) is 0 Å². The van der Waals surface area contributed by atoms with Gasteiger partial charge in [-0.2, -0.15) is 0 Å². The maximum atomic E-state index is 6.32. The van der Waals surface area contributed by atoms with E-state index in [-0.39, 0.29) is 0 Å². The fraction of sp³-hybridized carbons (Fsp3) is 0.250. The average Bonchev–Trinajstić information content (AvgIpc) is 3.24. The van der Waals surface area contributed by atoms with E-state index in [0.717, 1.165) is 17.7 Å². The van der Waals surface area contributed by atoms with Gasteiger partial charge in [0.25, 0.3) is 0 Å². The minimum absolute atomic E-state index is 0.601. The SMILES string of the molecule is Clc1cccc(-c2ccccc2CNC2CC2)c1Cl. The molecule has 0 aliphatic heterocycles. The van der Waals surface area contributed by atoms with Crippen LogP contribution in [0.25, 0.3) is 11.1 Å². The predicted octanol–water partition coefficient (Wildman–Crippen LogP) is 4.91. The quantitative estimate of drug-likeness (QED) is 0.844. The Morgan fingerprint density at radius 2 is 1.68 bits per heavy atom. The minimum atomic E-state index is 0.601. The summed E-state index contributed by atoms with van der Waals surface area (Å²) < 4.78 is 0. The third kappa shape index (κ3) is 2.94. The van der Waals surface area contributed by atoms with Crippen molar-refractivity contribution in [2.24, 2.45) is 0 Å². The number of nitrogens with one attached hydrogen (secondary N) is 1. The first-order valence-corrected chi connectivity index (χ1v) is 7.27. The smallest absolute Gasteiger partial charge is 0.0670 e. The molecule has 2 aromatic carbocycles. The van der Waals surface area contributed by atoms with Crippen LogP contribution in [0.4, 0.5) is 0 Å². The molecule has 0 amide bonds. The van der Waals surface area contributed by atoms with Gasteiger partial charge in [0.05, 0.1) is 10.0 Å². The molecule has 0 spiro atoms. The second-order valence-electron chi connectivity index (χ2n) is 4.91. The standard InChI is InChI=1S/C16H15Cl2N/c17-15-7-3-6-14(16(15)18)13-5-2-1-4-11(13)10-19-12-8-9-12/h1-7,12,19H,8-10H2. The molecule has 1 aliphatic carbocycles. The lowest BCUT2D eigenvalue weighted by molar-refractivity contribution is 0.689. The summed E-state index contributed by atoms with van der Waals surface area (Å²) in [5.41, 5.74) is 3.42. The summed E-state index contributed by atoms with van der Waals surface area (Å²) in [6.07, 6.45) is 2.58. The largest absolute Gasteiger partial charge is 0.310 e. The van der Waals surface area contributed by atoms with Crippen LogP contribution in [0.15, 0.2) is 42.5 Å². The molecule has 3 rings (SSSR count). The summed E-state index contributed by atoms with van der Waals surface area (Å²) in [6, 6.07) is 14.8. The molecule has 1 nitrogen and oxygen atoms in total. The molecule has 1 fully saturated rings. The van der Waals surface area contributed by atoms with E-state index in [2.05, 4.69) is 23.5 Å². The topological polar surface area (TPSA) is 12.0 Å². The van der Waals surface area contributed by atoms with E-state index in [1.807, 2.05) is 24.3 Å². The zero-order valence-corrected chi connectivity index (χ0v) is 12.0. The van der Waals surface area contributed by atoms with Gasteiger partial charge in [-0.3, -0.25) is 0 Å². The molecule has 1 N–H and O–H groups in total. The van der Waals surface area contributed by atoms with E-state index in [1.165, 1.54) is 18.4 Å². The molecule has 98 valence electrons. The molecule has 1 aliphatic rings. The highest BCUT2D eigenvalue weighted by molar-refractivity contribution is 6.43. The van der Waals surface area contributed by atoms with Crippen LogP contribution in [0.1, 0.15) is 18.4 Å². The molecule has 0 unspecified atom stereocenters. The van der Waals surface area contributed by atoms with Crippen molar-refractivity contribution in [1.82, 2.24) is 5.32 Å². The van der Waals surface area contributed by atoms with Crippen molar-refractivity contribution in [2.45, 2.75) is 25.4 Å². The first-order chi connectivity index (χ1) is 9.25. The molecular weight excluding hydrogens is 277 g/mol. The van der Waals surface area contributed by atoms with E-state index in [9.17, 15) is 0 Å². The molecule has 0 atom stereocenters. The Bertz CT molecular complexity index is 591. The van der Waals surface area contributed by atoms with Crippen LogP contribution in [0.5, 0.6) is 0 Å². The Balaban J connectivity index is 1.96. The Morgan fingerprint density at radius 3 is 2.47 bits per heavy atom. The number of benzene rings is 2. The maximum Gasteiger partial charge on any atom is 0.0670 e. The molecule has 0 aromatic heterocycles. The number of rotatable bonds is 4. The van der Waals surface area contributed by atoms with Gasteiger partial charge >= 0.3 is 0 Å². The van der Waals surface area contributed by atoms with E-state index in [1.54, 1.807) is 0 Å². The summed E-state index contributed by atoms with van der Waals surface area (Å²) in [4.78, 5) is 0. The lowest BCUT2D eigenvalue weighted by Gasteiger charge is -2.12. The second kappa shape index (κ2) is 5.54. The Kier molecular flexibility index (Phi) is 3.79. The highest BCUT2D eigenvalue weighted by Gasteiger charge is 2.20. The van der Waals surface area contributed by atoms with Crippen molar-refractivity contribution in [3.8, 4) is 11.1 Å². The Morgan fingerprint density at radius 1 is 0.947 bits per heavy atom. The highest BCUT2D eigenvalue weighted by Crippen LogP contribution is 2.35. The van der Waals surface area contributed by atoms with E-state index in [4.69, 9.17) is 23.2 Å². The van der Waals surface area contributed by atoms with Crippen LogP contribution in [0.2, 0.25) is 10.0 Å². The normalized spacial score (nSPS) is 14.6. The molecule has 0 radical (unpaired) electrons. The molecular formula is C16H15Cl2N. The lowest BCUT2D eigenvalue weighted by atomic mass is 9.99. The van der Waals surface area contributed by atoms with Crippen LogP contribution in [-0.2, 0) is 6.54 Å². The number of halogens is 2. The Hall–Kier alpha value is -1.02. The summed E-state index contributed by atoms with van der Waals surface area (Å²) in [5.74, 6) is 0. The zero-order valence-electron chi connectivity index (χ0n) is 10.5. The van der Waals surface area contributed by atoms with Gasteiger partial charge in [-0.1, -0.05) is 59.6 Å². The van der Waals surface area contributed by atoms with Crippen molar-refractivity contribution >= 4 is 23.2 Å². The molecule has 3 heteroatoms. The summed E-state index contributed by atoms with van der Waals surface area (Å²) in [5, 5.41) is 4.77. The average molecular weight is 292 g/mol. The van der Waals surface area contributed by atoms with Gasteiger partial charge in [0.2, 0.25) is 0 Å². The summed E-state index contributed by atoms with van der Waals surface area (Å²) in [6.45, 7) is 0.879. The minimum Gasteiger partial charge on any atom is -0.310 e. The first-order valence-electron chi connectivity index (χ1n) is 6.51. The highest BCUT2D eigenvalue weighted by atomic mass is 35.5. The fourth-order valence-corrected chi connectivity index (χ4v) is 2.59. The lowest BCUT2D eigenvalue weighted by Crippen LogP contribution is -2.15. The van der Waals surface area contributed by atoms with Crippen molar-refractivity contribution in [1.29, 1.82) is 0 Å². The number of hydrogen-bond acceptors (Lipinski definition) is 1. The first kappa shape index (κ1) is 13.0. The van der Waals surface area contributed by atoms with Gasteiger partial charge in [-0.05, 0) is 30.0 Å². The van der Waals surface area contributed by atoms with Crippen molar-refractivity contribution in [2.75, 3.05) is 0 Å².